The Bertz CT molecular complexity index is 686. The summed E-state index contributed by atoms with van der Waals surface area (Å²) in [7, 11) is 8.14. The van der Waals surface area contributed by atoms with Gasteiger partial charge in [-0.3, -0.25) is 14.6 Å². The van der Waals surface area contributed by atoms with Crippen LogP contribution in [0.15, 0.2) is 30.6 Å². The molecule has 6 nitrogen and oxygen atoms in total. The first kappa shape index (κ1) is 17.9. The second-order valence-corrected chi connectivity index (χ2v) is 7.09. The van der Waals surface area contributed by atoms with Gasteiger partial charge in [0.05, 0.1) is 24.5 Å². The second-order valence-electron chi connectivity index (χ2n) is 7.09. The maximum atomic E-state index is 5.30. The molecule has 1 aliphatic heterocycles. The van der Waals surface area contributed by atoms with E-state index in [0.717, 1.165) is 31.1 Å². The van der Waals surface area contributed by atoms with Crippen molar-refractivity contribution in [3.05, 3.63) is 42.0 Å². The minimum Gasteiger partial charge on any atom is -0.497 e. The van der Waals surface area contributed by atoms with Gasteiger partial charge in [-0.2, -0.15) is 5.10 Å². The van der Waals surface area contributed by atoms with E-state index in [1.165, 1.54) is 18.5 Å². The minimum absolute atomic E-state index is 0.418. The van der Waals surface area contributed by atoms with Crippen molar-refractivity contribution >= 4 is 0 Å². The molecule has 1 saturated heterocycles. The van der Waals surface area contributed by atoms with Gasteiger partial charge >= 0.3 is 0 Å². The summed E-state index contributed by atoms with van der Waals surface area (Å²) in [6.07, 6.45) is 6.21. The molecule has 3 heterocycles. The van der Waals surface area contributed by atoms with Crippen LogP contribution in [0, 0.1) is 5.92 Å². The normalized spacial score (nSPS) is 21.6. The molecule has 0 aliphatic carbocycles. The van der Waals surface area contributed by atoms with Gasteiger partial charge in [0.2, 0.25) is 0 Å². The van der Waals surface area contributed by atoms with Gasteiger partial charge in [0.15, 0.2) is 0 Å². The fraction of sp³-hybridized carbons (Fsp3) is 0.579. The Morgan fingerprint density at radius 2 is 2.12 bits per heavy atom. The third kappa shape index (κ3) is 4.19. The summed E-state index contributed by atoms with van der Waals surface area (Å²) in [5, 5.41) is 4.38. The van der Waals surface area contributed by atoms with Crippen LogP contribution in [0.25, 0.3) is 0 Å². The van der Waals surface area contributed by atoms with Gasteiger partial charge in [0.1, 0.15) is 5.75 Å². The first-order chi connectivity index (χ1) is 12.1. The van der Waals surface area contributed by atoms with E-state index in [0.29, 0.717) is 12.0 Å². The predicted molar refractivity (Wildman–Crippen MR) is 98.4 cm³/mol. The average Bonchev–Trinajstić information content (AvgIpc) is 3.01. The van der Waals surface area contributed by atoms with E-state index in [9.17, 15) is 0 Å². The Labute approximate surface area is 150 Å². The summed E-state index contributed by atoms with van der Waals surface area (Å²) < 4.78 is 7.32. The van der Waals surface area contributed by atoms with Gasteiger partial charge in [-0.15, -0.1) is 0 Å². The molecule has 0 spiro atoms. The minimum atomic E-state index is 0.418. The van der Waals surface area contributed by atoms with Crippen molar-refractivity contribution in [1.82, 2.24) is 24.6 Å². The van der Waals surface area contributed by atoms with Crippen molar-refractivity contribution in [3.8, 4) is 5.75 Å². The third-order valence-corrected chi connectivity index (χ3v) is 5.17. The molecule has 0 saturated carbocycles. The van der Waals surface area contributed by atoms with Crippen molar-refractivity contribution < 1.29 is 4.74 Å². The summed E-state index contributed by atoms with van der Waals surface area (Å²) in [5.41, 5.74) is 2.35. The Morgan fingerprint density at radius 3 is 2.84 bits per heavy atom. The molecule has 25 heavy (non-hydrogen) atoms. The molecule has 1 fully saturated rings. The van der Waals surface area contributed by atoms with E-state index in [-0.39, 0.29) is 0 Å². The van der Waals surface area contributed by atoms with Crippen molar-refractivity contribution in [2.75, 3.05) is 34.3 Å². The summed E-state index contributed by atoms with van der Waals surface area (Å²) in [4.78, 5) is 9.32. The predicted octanol–water partition coefficient (Wildman–Crippen LogP) is 2.34. The van der Waals surface area contributed by atoms with E-state index >= 15 is 0 Å². The third-order valence-electron chi connectivity index (χ3n) is 5.17. The molecule has 6 heteroatoms. The number of rotatable bonds is 6. The maximum Gasteiger partial charge on any atom is 0.122 e. The number of ether oxygens (including phenoxy) is 1. The number of pyridine rings is 1. The van der Waals surface area contributed by atoms with Crippen LogP contribution in [-0.2, 0) is 13.6 Å². The Morgan fingerprint density at radius 1 is 1.28 bits per heavy atom. The number of hydrogen-bond acceptors (Lipinski definition) is 5. The summed E-state index contributed by atoms with van der Waals surface area (Å²) in [6, 6.07) is 6.48. The van der Waals surface area contributed by atoms with Gasteiger partial charge in [0.25, 0.3) is 0 Å². The van der Waals surface area contributed by atoms with Gasteiger partial charge in [0, 0.05) is 38.6 Å². The highest BCUT2D eigenvalue weighted by molar-refractivity contribution is 5.22. The van der Waals surface area contributed by atoms with Crippen LogP contribution in [0.1, 0.15) is 30.3 Å². The second kappa shape index (κ2) is 7.97. The first-order valence-corrected chi connectivity index (χ1v) is 8.94. The Kier molecular flexibility index (Phi) is 5.71. The SMILES string of the molecule is COc1ccnc(CN(C)C[C@@H]2CCCN(C)[C@H]2c2ccnn2C)c1. The molecule has 0 unspecified atom stereocenters. The molecule has 0 aromatic carbocycles. The molecule has 2 aromatic heterocycles. The van der Waals surface area contributed by atoms with E-state index in [1.807, 2.05) is 36.3 Å². The number of aryl methyl sites for hydroxylation is 1. The highest BCUT2D eigenvalue weighted by Crippen LogP contribution is 2.35. The zero-order chi connectivity index (χ0) is 17.8. The van der Waals surface area contributed by atoms with Crippen LogP contribution >= 0.6 is 0 Å². The first-order valence-electron chi connectivity index (χ1n) is 8.94. The maximum absolute atomic E-state index is 5.30. The van der Waals surface area contributed by atoms with Crippen molar-refractivity contribution in [3.63, 3.8) is 0 Å². The van der Waals surface area contributed by atoms with Gasteiger partial charge in [-0.25, -0.2) is 0 Å². The highest BCUT2D eigenvalue weighted by Gasteiger charge is 2.32. The molecule has 3 rings (SSSR count). The molecule has 0 N–H and O–H groups in total. The number of hydrogen-bond donors (Lipinski definition) is 0. The number of likely N-dealkylation sites (tertiary alicyclic amines) is 1. The lowest BCUT2D eigenvalue weighted by Crippen LogP contribution is -2.41. The molecular weight excluding hydrogens is 314 g/mol. The summed E-state index contributed by atoms with van der Waals surface area (Å²) >= 11 is 0. The zero-order valence-electron chi connectivity index (χ0n) is 15.7. The zero-order valence-corrected chi connectivity index (χ0v) is 15.7. The standard InChI is InChI=1S/C19H29N5O/c1-22(14-16-12-17(25-4)7-9-20-16)13-15-6-5-11-23(2)19(15)18-8-10-21-24(18)3/h7-10,12,15,19H,5-6,11,13-14H2,1-4H3/t15-,19+/m0/s1. The highest BCUT2D eigenvalue weighted by atomic mass is 16.5. The fourth-order valence-electron chi connectivity index (χ4n) is 4.00. The smallest absolute Gasteiger partial charge is 0.122 e. The molecule has 1 aliphatic rings. The van der Waals surface area contributed by atoms with Gasteiger partial charge in [-0.05, 0) is 51.5 Å². The molecule has 0 radical (unpaired) electrons. The van der Waals surface area contributed by atoms with E-state index in [1.54, 1.807) is 7.11 Å². The molecule has 2 atom stereocenters. The number of nitrogens with zero attached hydrogens (tertiary/aromatic N) is 5. The molecule has 0 bridgehead atoms. The topological polar surface area (TPSA) is 46.4 Å². The Hall–Kier alpha value is -1.92. The van der Waals surface area contributed by atoms with Crippen LogP contribution in [0.3, 0.4) is 0 Å². The van der Waals surface area contributed by atoms with Crippen molar-refractivity contribution in [2.24, 2.45) is 13.0 Å². The lowest BCUT2D eigenvalue weighted by molar-refractivity contribution is 0.0870. The van der Waals surface area contributed by atoms with Crippen LogP contribution in [0.4, 0.5) is 0 Å². The fourth-order valence-corrected chi connectivity index (χ4v) is 4.00. The van der Waals surface area contributed by atoms with Gasteiger partial charge in [-0.1, -0.05) is 0 Å². The van der Waals surface area contributed by atoms with Crippen LogP contribution in [-0.4, -0.2) is 58.9 Å². The van der Waals surface area contributed by atoms with Crippen molar-refractivity contribution in [1.29, 1.82) is 0 Å². The van der Waals surface area contributed by atoms with Crippen LogP contribution in [0.5, 0.6) is 5.75 Å². The lowest BCUT2D eigenvalue weighted by atomic mass is 9.87. The Balaban J connectivity index is 1.69. The largest absolute Gasteiger partial charge is 0.497 e. The number of methoxy groups -OCH3 is 1. The quantitative estimate of drug-likeness (QED) is 0.806. The molecular formula is C19H29N5O. The van der Waals surface area contributed by atoms with Crippen molar-refractivity contribution in [2.45, 2.75) is 25.4 Å². The summed E-state index contributed by atoms with van der Waals surface area (Å²) in [6.45, 7) is 3.02. The van der Waals surface area contributed by atoms with E-state index in [4.69, 9.17) is 4.74 Å². The lowest BCUT2D eigenvalue weighted by Gasteiger charge is -2.40. The molecule has 2 aromatic rings. The van der Waals surface area contributed by atoms with Crippen LogP contribution in [0.2, 0.25) is 0 Å². The molecule has 0 amide bonds. The monoisotopic (exact) mass is 343 g/mol. The molecule has 136 valence electrons. The number of piperidine rings is 1. The average molecular weight is 343 g/mol. The van der Waals surface area contributed by atoms with E-state index in [2.05, 4.69) is 40.0 Å². The van der Waals surface area contributed by atoms with E-state index < -0.39 is 0 Å². The summed E-state index contributed by atoms with van der Waals surface area (Å²) in [5.74, 6) is 1.45. The van der Waals surface area contributed by atoms with Crippen LogP contribution < -0.4 is 4.74 Å². The van der Waals surface area contributed by atoms with Gasteiger partial charge < -0.3 is 9.64 Å². The number of aromatic nitrogens is 3.